The van der Waals surface area contributed by atoms with Crippen LogP contribution in [0.4, 0.5) is 0 Å². The Morgan fingerprint density at radius 2 is 1.73 bits per heavy atom. The molecule has 1 fully saturated rings. The fourth-order valence-corrected chi connectivity index (χ4v) is 4.75. The van der Waals surface area contributed by atoms with Gasteiger partial charge in [-0.2, -0.15) is 0 Å². The summed E-state index contributed by atoms with van der Waals surface area (Å²) in [5.74, 6) is -1.26. The topological polar surface area (TPSA) is 90.0 Å². The molecule has 2 amide bonds. The van der Waals surface area contributed by atoms with Crippen LogP contribution in [0.25, 0.3) is 0 Å². The first-order valence-electron chi connectivity index (χ1n) is 12.5. The average molecular weight is 466 g/mol. The number of carboxylic acid groups (broad SMARTS) is 1. The number of likely N-dealkylation sites (tertiary alicyclic amines) is 1. The van der Waals surface area contributed by atoms with E-state index < -0.39 is 17.4 Å². The number of nitrogens with zero attached hydrogens (tertiary/aromatic N) is 2. The van der Waals surface area contributed by atoms with Crippen molar-refractivity contribution in [3.8, 4) is 0 Å². The van der Waals surface area contributed by atoms with Gasteiger partial charge in [-0.05, 0) is 50.5 Å². The van der Waals surface area contributed by atoms with Gasteiger partial charge >= 0.3 is 5.97 Å². The van der Waals surface area contributed by atoms with Gasteiger partial charge in [-0.3, -0.25) is 14.5 Å². The lowest BCUT2D eigenvalue weighted by molar-refractivity contribution is -0.142. The highest BCUT2D eigenvalue weighted by Crippen LogP contribution is 2.26. The largest absolute Gasteiger partial charge is 0.478 e. The van der Waals surface area contributed by atoms with Crippen molar-refractivity contribution in [2.24, 2.45) is 11.3 Å². The van der Waals surface area contributed by atoms with Crippen molar-refractivity contribution >= 4 is 17.8 Å². The van der Waals surface area contributed by atoms with Gasteiger partial charge < -0.3 is 15.3 Å². The minimum absolute atomic E-state index is 0.0215. The van der Waals surface area contributed by atoms with Crippen LogP contribution in [0.15, 0.2) is 11.6 Å². The summed E-state index contributed by atoms with van der Waals surface area (Å²) in [5, 5.41) is 12.4. The summed E-state index contributed by atoms with van der Waals surface area (Å²) in [6.45, 7) is 16.5. The third-order valence-electron chi connectivity index (χ3n) is 6.89. The number of amides is 2. The monoisotopic (exact) mass is 465 g/mol. The second kappa shape index (κ2) is 12.5. The van der Waals surface area contributed by atoms with E-state index in [4.69, 9.17) is 0 Å². The van der Waals surface area contributed by atoms with Gasteiger partial charge in [0.2, 0.25) is 11.8 Å². The normalized spacial score (nSPS) is 20.0. The summed E-state index contributed by atoms with van der Waals surface area (Å²) < 4.78 is 0. The molecule has 1 aliphatic rings. The Morgan fingerprint density at radius 3 is 2.18 bits per heavy atom. The van der Waals surface area contributed by atoms with E-state index in [1.807, 2.05) is 34.6 Å². The highest BCUT2D eigenvalue weighted by Gasteiger charge is 2.40. The number of piperidine rings is 1. The lowest BCUT2D eigenvalue weighted by Crippen LogP contribution is -2.61. The van der Waals surface area contributed by atoms with Crippen LogP contribution in [0.2, 0.25) is 0 Å². The number of nitrogens with one attached hydrogen (secondary N) is 1. The molecule has 0 aromatic heterocycles. The molecule has 0 spiro atoms. The van der Waals surface area contributed by atoms with Crippen molar-refractivity contribution in [3.05, 3.63) is 11.6 Å². The molecule has 0 saturated carbocycles. The first-order chi connectivity index (χ1) is 15.3. The maximum Gasteiger partial charge on any atom is 0.331 e. The number of hydrogen-bond acceptors (Lipinski definition) is 4. The molecule has 1 rings (SSSR count). The van der Waals surface area contributed by atoms with Gasteiger partial charge in [0, 0.05) is 18.7 Å². The second-order valence-corrected chi connectivity index (χ2v) is 10.9. The summed E-state index contributed by atoms with van der Waals surface area (Å²) in [6.07, 6.45) is 6.53. The summed E-state index contributed by atoms with van der Waals surface area (Å²) in [4.78, 5) is 42.4. The highest BCUT2D eigenvalue weighted by atomic mass is 16.4. The third-order valence-corrected chi connectivity index (χ3v) is 6.89. The summed E-state index contributed by atoms with van der Waals surface area (Å²) >= 11 is 0. The molecule has 0 bridgehead atoms. The molecule has 33 heavy (non-hydrogen) atoms. The average Bonchev–Trinajstić information content (AvgIpc) is 2.74. The Morgan fingerprint density at radius 1 is 1.15 bits per heavy atom. The minimum Gasteiger partial charge on any atom is -0.478 e. The van der Waals surface area contributed by atoms with Crippen molar-refractivity contribution in [1.29, 1.82) is 0 Å². The molecule has 1 aliphatic heterocycles. The van der Waals surface area contributed by atoms with E-state index in [0.29, 0.717) is 6.04 Å². The van der Waals surface area contributed by atoms with E-state index in [1.54, 1.807) is 18.0 Å². The van der Waals surface area contributed by atoms with Crippen LogP contribution in [0.1, 0.15) is 87.5 Å². The third kappa shape index (κ3) is 7.83. The molecule has 0 aromatic carbocycles. The van der Waals surface area contributed by atoms with Gasteiger partial charge in [0.25, 0.3) is 0 Å². The summed E-state index contributed by atoms with van der Waals surface area (Å²) in [5.41, 5.74) is -0.296. The van der Waals surface area contributed by atoms with E-state index in [1.165, 1.54) is 6.92 Å². The number of aliphatic carboxylic acids is 1. The van der Waals surface area contributed by atoms with Crippen LogP contribution < -0.4 is 5.32 Å². The van der Waals surface area contributed by atoms with Crippen molar-refractivity contribution in [3.63, 3.8) is 0 Å². The van der Waals surface area contributed by atoms with Gasteiger partial charge in [-0.15, -0.1) is 0 Å². The molecular formula is C26H47N3O4. The maximum absolute atomic E-state index is 13.7. The molecule has 0 radical (unpaired) electrons. The lowest BCUT2D eigenvalue weighted by Gasteiger charge is -2.42. The quantitative estimate of drug-likeness (QED) is 0.475. The Hall–Kier alpha value is -1.89. The molecule has 1 saturated heterocycles. The first kappa shape index (κ1) is 29.1. The van der Waals surface area contributed by atoms with Crippen LogP contribution >= 0.6 is 0 Å². The first-order valence-corrected chi connectivity index (χ1v) is 12.5. The van der Waals surface area contributed by atoms with Gasteiger partial charge in [0.15, 0.2) is 0 Å². The van der Waals surface area contributed by atoms with Crippen molar-refractivity contribution < 1.29 is 19.5 Å². The molecule has 7 heteroatoms. The zero-order chi connectivity index (χ0) is 25.5. The predicted molar refractivity (Wildman–Crippen MR) is 133 cm³/mol. The molecular weight excluding hydrogens is 418 g/mol. The standard InChI is InChI=1S/C26H47N3O4/c1-10-19(11-2)29-15-13-12-14-20(29)23(30)27-22(26(6,7)8)24(31)28(9)21(17(3)4)16-18(5)25(32)33/h16-17,19-22H,10-15H2,1-9H3,(H,27,30)(H,32,33)/b18-16+/t20?,21-,22-/m1/s1. The molecule has 1 unspecified atom stereocenters. The number of likely N-dealkylation sites (N-methyl/N-ethyl adjacent to an activating group) is 1. The van der Waals surface area contributed by atoms with E-state index in [-0.39, 0.29) is 35.4 Å². The van der Waals surface area contributed by atoms with Crippen molar-refractivity contribution in [2.75, 3.05) is 13.6 Å². The molecule has 190 valence electrons. The molecule has 7 nitrogen and oxygen atoms in total. The highest BCUT2D eigenvalue weighted by molar-refractivity contribution is 5.91. The molecule has 3 atom stereocenters. The number of hydrogen-bond donors (Lipinski definition) is 2. The fourth-order valence-electron chi connectivity index (χ4n) is 4.75. The molecule has 0 aliphatic carbocycles. The SMILES string of the molecule is CCC(CC)N1CCCCC1C(=O)N[C@H](C(=O)N(C)[C@H](/C=C(\C)C(=O)O)C(C)C)C(C)(C)C. The Labute approximate surface area is 201 Å². The van der Waals surface area contributed by atoms with Crippen LogP contribution in [-0.4, -0.2) is 70.4 Å². The predicted octanol–water partition coefficient (Wildman–Crippen LogP) is 4.07. The second-order valence-electron chi connectivity index (χ2n) is 10.9. The maximum atomic E-state index is 13.7. The number of carboxylic acids is 1. The Bertz CT molecular complexity index is 707. The van der Waals surface area contributed by atoms with Crippen LogP contribution in [-0.2, 0) is 14.4 Å². The van der Waals surface area contributed by atoms with Crippen LogP contribution in [0.3, 0.4) is 0 Å². The van der Waals surface area contributed by atoms with Crippen molar-refractivity contribution in [2.45, 2.75) is 112 Å². The Balaban J connectivity index is 3.18. The zero-order valence-electron chi connectivity index (χ0n) is 22.3. The van der Waals surface area contributed by atoms with E-state index in [9.17, 15) is 19.5 Å². The molecule has 0 aromatic rings. The van der Waals surface area contributed by atoms with E-state index in [2.05, 4.69) is 24.1 Å². The number of carbonyl (C=O) groups excluding carboxylic acids is 2. The lowest BCUT2D eigenvalue weighted by atomic mass is 9.84. The zero-order valence-corrected chi connectivity index (χ0v) is 22.3. The number of carbonyl (C=O) groups is 3. The molecule has 1 heterocycles. The number of rotatable bonds is 10. The van der Waals surface area contributed by atoms with Gasteiger partial charge in [-0.25, -0.2) is 4.79 Å². The summed E-state index contributed by atoms with van der Waals surface area (Å²) in [6, 6.07) is -0.949. The Kier molecular flexibility index (Phi) is 11.1. The fraction of sp³-hybridized carbons (Fsp3) is 0.808. The summed E-state index contributed by atoms with van der Waals surface area (Å²) in [7, 11) is 1.70. The van der Waals surface area contributed by atoms with Crippen molar-refractivity contribution in [1.82, 2.24) is 15.1 Å². The minimum atomic E-state index is -0.999. The van der Waals surface area contributed by atoms with E-state index >= 15 is 0 Å². The van der Waals surface area contributed by atoms with Gasteiger partial charge in [-0.1, -0.05) is 61.0 Å². The van der Waals surface area contributed by atoms with E-state index in [0.717, 1.165) is 38.6 Å². The van der Waals surface area contributed by atoms with Crippen LogP contribution in [0, 0.1) is 11.3 Å². The van der Waals surface area contributed by atoms with Crippen LogP contribution in [0.5, 0.6) is 0 Å². The van der Waals surface area contributed by atoms with Gasteiger partial charge in [0.1, 0.15) is 6.04 Å². The smallest absolute Gasteiger partial charge is 0.331 e. The van der Waals surface area contributed by atoms with Gasteiger partial charge in [0.05, 0.1) is 12.1 Å². The molecule has 2 N–H and O–H groups in total.